The zero-order valence-electron chi connectivity index (χ0n) is 15.6. The first-order valence-electron chi connectivity index (χ1n) is 8.85. The van der Waals surface area contributed by atoms with Gasteiger partial charge in [0.2, 0.25) is 5.88 Å². The van der Waals surface area contributed by atoms with Gasteiger partial charge in [0.25, 0.3) is 5.91 Å². The molecule has 2 N–H and O–H groups in total. The maximum absolute atomic E-state index is 12.9. The number of nitrogens with zero attached hydrogens (tertiary/aromatic N) is 3. The number of amides is 1. The number of hydrogen-bond donors (Lipinski definition) is 2. The quantitative estimate of drug-likeness (QED) is 0.638. The summed E-state index contributed by atoms with van der Waals surface area (Å²) < 4.78 is 36.0. The molecule has 150 valence electrons. The highest BCUT2D eigenvalue weighted by atomic mass is 32.2. The molecule has 3 heterocycles. The number of para-hydroxylation sites is 1. The topological polar surface area (TPSA) is 119 Å². The molecule has 10 heteroatoms. The van der Waals surface area contributed by atoms with Crippen LogP contribution < -0.4 is 14.2 Å². The molecule has 4 rings (SSSR count). The molecule has 0 bridgehead atoms. The second-order valence-electron chi connectivity index (χ2n) is 6.40. The average Bonchev–Trinajstić information content (AvgIpc) is 3.39. The van der Waals surface area contributed by atoms with Gasteiger partial charge in [-0.05, 0) is 29.8 Å². The summed E-state index contributed by atoms with van der Waals surface area (Å²) in [6, 6.07) is 10.1. The normalized spacial score (nSPS) is 14.5. The van der Waals surface area contributed by atoms with E-state index in [0.717, 1.165) is 11.1 Å². The van der Waals surface area contributed by atoms with E-state index in [4.69, 9.17) is 14.3 Å². The number of hydrogen-bond acceptors (Lipinski definition) is 7. The molecule has 1 aromatic carbocycles. The number of rotatable bonds is 6. The Bertz CT molecular complexity index is 1160. The van der Waals surface area contributed by atoms with Crippen molar-refractivity contribution in [3.63, 3.8) is 0 Å². The van der Waals surface area contributed by atoms with Crippen LogP contribution in [0.15, 0.2) is 53.7 Å². The van der Waals surface area contributed by atoms with Crippen LogP contribution in [-0.4, -0.2) is 38.6 Å². The lowest BCUT2D eigenvalue weighted by molar-refractivity contribution is 0.0976. The van der Waals surface area contributed by atoms with Crippen LogP contribution in [0.3, 0.4) is 0 Å². The van der Waals surface area contributed by atoms with Crippen LogP contribution in [0.2, 0.25) is 0 Å². The van der Waals surface area contributed by atoms with Crippen molar-refractivity contribution in [1.82, 2.24) is 19.5 Å². The minimum absolute atomic E-state index is 0.000430. The molecule has 0 aliphatic carbocycles. The molecule has 1 aliphatic heterocycles. The third-order valence-corrected chi connectivity index (χ3v) is 5.89. The number of benzene rings is 1. The van der Waals surface area contributed by atoms with Crippen molar-refractivity contribution in [2.75, 3.05) is 13.7 Å². The molecular weight excluding hydrogens is 394 g/mol. The fraction of sp³-hybridized carbons (Fsp3) is 0.211. The lowest BCUT2D eigenvalue weighted by Gasteiger charge is -2.14. The summed E-state index contributed by atoms with van der Waals surface area (Å²) >= 11 is 0. The van der Waals surface area contributed by atoms with Gasteiger partial charge >= 0.3 is 0 Å². The first-order chi connectivity index (χ1) is 14.0. The molecule has 0 unspecified atom stereocenters. The van der Waals surface area contributed by atoms with E-state index in [-0.39, 0.29) is 16.5 Å². The van der Waals surface area contributed by atoms with E-state index >= 15 is 0 Å². The number of nitrogens with one attached hydrogen (secondary N) is 2. The van der Waals surface area contributed by atoms with Gasteiger partial charge in [-0.2, -0.15) is 5.10 Å². The largest absolute Gasteiger partial charge is 0.492 e. The molecule has 0 saturated carbocycles. The predicted molar refractivity (Wildman–Crippen MR) is 104 cm³/mol. The summed E-state index contributed by atoms with van der Waals surface area (Å²) in [5.41, 5.74) is 1.60. The summed E-state index contributed by atoms with van der Waals surface area (Å²) in [4.78, 5) is 17.0. The number of pyridine rings is 1. The summed E-state index contributed by atoms with van der Waals surface area (Å²) in [6.07, 6.45) is 4.15. The van der Waals surface area contributed by atoms with Crippen molar-refractivity contribution >= 4 is 15.8 Å². The van der Waals surface area contributed by atoms with E-state index in [2.05, 4.69) is 14.8 Å². The minimum atomic E-state index is -3.62. The Kier molecular flexibility index (Phi) is 4.93. The van der Waals surface area contributed by atoms with E-state index in [1.807, 2.05) is 6.07 Å². The average molecular weight is 413 g/mol. The van der Waals surface area contributed by atoms with Crippen LogP contribution in [0.25, 0.3) is 0 Å². The Morgan fingerprint density at radius 3 is 2.97 bits per heavy atom. The van der Waals surface area contributed by atoms with Crippen molar-refractivity contribution in [2.45, 2.75) is 17.9 Å². The third-order valence-electron chi connectivity index (χ3n) is 4.48. The van der Waals surface area contributed by atoms with Crippen LogP contribution >= 0.6 is 0 Å². The van der Waals surface area contributed by atoms with Gasteiger partial charge in [-0.15, -0.1) is 0 Å². The molecule has 2 aromatic heterocycles. The molecule has 0 saturated heterocycles. The number of carbonyl (C=O) groups excluding carboxylic acids is 1. The molecule has 29 heavy (non-hydrogen) atoms. The standard InChI is InChI=1S/C19H19N5O4S/c1-27-19-14(12-24-10-3-9-21-24)6-7-15(22-19)18(25)23-29(20,26)16-5-2-4-13-8-11-28-17(13)16/h2-7,9-10H,8,11-12H2,1H3,(H2,20,23,25,26)/t29-/m1/s1. The lowest BCUT2D eigenvalue weighted by atomic mass is 10.2. The van der Waals surface area contributed by atoms with E-state index < -0.39 is 15.8 Å². The molecule has 1 aliphatic rings. The molecule has 1 amide bonds. The van der Waals surface area contributed by atoms with Gasteiger partial charge < -0.3 is 9.47 Å². The molecular formula is C19H19N5O4S. The maximum Gasteiger partial charge on any atom is 0.282 e. The summed E-state index contributed by atoms with van der Waals surface area (Å²) in [5, 5.41) is 4.13. The first-order valence-corrected chi connectivity index (χ1v) is 10.4. The highest BCUT2D eigenvalue weighted by Crippen LogP contribution is 2.32. The Morgan fingerprint density at radius 1 is 1.34 bits per heavy atom. The van der Waals surface area contributed by atoms with Crippen molar-refractivity contribution in [1.29, 1.82) is 4.78 Å². The predicted octanol–water partition coefficient (Wildman–Crippen LogP) is 2.02. The van der Waals surface area contributed by atoms with Crippen LogP contribution in [0, 0.1) is 4.78 Å². The zero-order chi connectivity index (χ0) is 20.4. The van der Waals surface area contributed by atoms with Crippen LogP contribution in [0.4, 0.5) is 0 Å². The molecule has 9 nitrogen and oxygen atoms in total. The smallest absolute Gasteiger partial charge is 0.282 e. The second kappa shape index (κ2) is 7.55. The third kappa shape index (κ3) is 3.79. The summed E-state index contributed by atoms with van der Waals surface area (Å²) in [6.45, 7) is 0.889. The monoisotopic (exact) mass is 413 g/mol. The Balaban J connectivity index is 1.57. The Morgan fingerprint density at radius 2 is 2.21 bits per heavy atom. The molecule has 0 fully saturated rings. The highest BCUT2D eigenvalue weighted by Gasteiger charge is 2.25. The number of methoxy groups -OCH3 is 1. The fourth-order valence-electron chi connectivity index (χ4n) is 3.11. The van der Waals surface area contributed by atoms with Crippen molar-refractivity contribution in [3.05, 3.63) is 65.6 Å². The molecule has 1 atom stereocenters. The van der Waals surface area contributed by atoms with Crippen LogP contribution in [0.1, 0.15) is 21.6 Å². The summed E-state index contributed by atoms with van der Waals surface area (Å²) in [5.74, 6) is -0.0639. The Hall–Kier alpha value is -3.40. The highest BCUT2D eigenvalue weighted by molar-refractivity contribution is 7.91. The maximum atomic E-state index is 12.9. The van der Waals surface area contributed by atoms with Crippen molar-refractivity contribution < 1.29 is 18.5 Å². The van der Waals surface area contributed by atoms with E-state index in [1.54, 1.807) is 35.3 Å². The zero-order valence-corrected chi connectivity index (χ0v) is 16.4. The number of ether oxygens (including phenoxy) is 2. The summed E-state index contributed by atoms with van der Waals surface area (Å²) in [7, 11) is -2.17. The van der Waals surface area contributed by atoms with Crippen molar-refractivity contribution in [2.24, 2.45) is 0 Å². The second-order valence-corrected chi connectivity index (χ2v) is 8.16. The van der Waals surface area contributed by atoms with Gasteiger partial charge in [-0.1, -0.05) is 12.1 Å². The van der Waals surface area contributed by atoms with Gasteiger partial charge in [0, 0.05) is 24.4 Å². The first kappa shape index (κ1) is 18.9. The SMILES string of the molecule is COc1nc(C(=O)N[S@@](=N)(=O)c2cccc3c2OCC3)ccc1Cn1cccn1. The van der Waals surface area contributed by atoms with Gasteiger partial charge in [0.1, 0.15) is 16.3 Å². The van der Waals surface area contributed by atoms with Gasteiger partial charge in [-0.25, -0.2) is 14.0 Å². The van der Waals surface area contributed by atoms with E-state index in [9.17, 15) is 9.00 Å². The van der Waals surface area contributed by atoms with E-state index in [0.29, 0.717) is 25.3 Å². The molecule has 3 aromatic rings. The van der Waals surface area contributed by atoms with Gasteiger partial charge in [0.05, 0.1) is 20.3 Å². The van der Waals surface area contributed by atoms with E-state index in [1.165, 1.54) is 19.2 Å². The van der Waals surface area contributed by atoms with Crippen LogP contribution in [-0.2, 0) is 22.9 Å². The van der Waals surface area contributed by atoms with Gasteiger partial charge in [0.15, 0.2) is 9.92 Å². The van der Waals surface area contributed by atoms with Crippen LogP contribution in [0.5, 0.6) is 11.6 Å². The van der Waals surface area contributed by atoms with Crippen molar-refractivity contribution in [3.8, 4) is 11.6 Å². The molecule has 0 spiro atoms. The fourth-order valence-corrected chi connectivity index (χ4v) is 4.31. The number of fused-ring (bicyclic) bond motifs is 1. The Labute approximate surface area is 167 Å². The minimum Gasteiger partial charge on any atom is -0.492 e. The van der Waals surface area contributed by atoms with Gasteiger partial charge in [-0.3, -0.25) is 14.2 Å². The lowest BCUT2D eigenvalue weighted by Crippen LogP contribution is -2.30. The number of carbonyl (C=O) groups is 1. The molecule has 0 radical (unpaired) electrons. The number of aromatic nitrogens is 3.